The molecule has 1 aromatic carbocycles. The molecule has 0 aliphatic rings. The second-order valence-corrected chi connectivity index (χ2v) is 4.08. The highest BCUT2D eigenvalue weighted by Gasteiger charge is 2.06. The topological polar surface area (TPSA) is 43.8 Å². The molecular weight excluding hydrogens is 217 g/mol. The average Bonchev–Trinajstić information content (AvgIpc) is 2.78. The summed E-state index contributed by atoms with van der Waals surface area (Å²) in [4.78, 5) is 0. The molecule has 0 aliphatic heterocycles. The molecule has 3 nitrogen and oxygen atoms in total. The van der Waals surface area contributed by atoms with Crippen molar-refractivity contribution in [2.24, 2.45) is 0 Å². The molecule has 2 rings (SSSR count). The second kappa shape index (κ2) is 4.99. The summed E-state index contributed by atoms with van der Waals surface area (Å²) in [6, 6.07) is 4.38. The molecule has 0 aliphatic carbocycles. The molecule has 0 saturated heterocycles. The van der Waals surface area contributed by atoms with Crippen LogP contribution in [0.3, 0.4) is 0 Å². The predicted molar refractivity (Wildman–Crippen MR) is 66.9 cm³/mol. The molecule has 0 atom stereocenters. The molecule has 0 amide bonds. The minimum Gasteiger partial charge on any atom is -0.398 e. The third-order valence-electron chi connectivity index (χ3n) is 2.70. The number of rotatable bonds is 4. The highest BCUT2D eigenvalue weighted by atomic mass is 19.1. The van der Waals surface area contributed by atoms with Gasteiger partial charge in [-0.25, -0.2) is 4.39 Å². The van der Waals surface area contributed by atoms with E-state index in [4.69, 9.17) is 5.73 Å². The van der Waals surface area contributed by atoms with Crippen LogP contribution in [0.1, 0.15) is 19.8 Å². The zero-order valence-corrected chi connectivity index (χ0v) is 9.86. The number of nitrogens with zero attached hydrogens (tertiary/aromatic N) is 2. The lowest BCUT2D eigenvalue weighted by atomic mass is 10.1. The third kappa shape index (κ3) is 2.64. The van der Waals surface area contributed by atoms with Crippen LogP contribution in [-0.4, -0.2) is 9.78 Å². The lowest BCUT2D eigenvalue weighted by Gasteiger charge is -2.02. The third-order valence-corrected chi connectivity index (χ3v) is 2.70. The molecule has 4 heteroatoms. The van der Waals surface area contributed by atoms with Crippen molar-refractivity contribution in [2.45, 2.75) is 26.3 Å². The normalized spacial score (nSPS) is 10.7. The Balaban J connectivity index is 2.27. The summed E-state index contributed by atoms with van der Waals surface area (Å²) in [7, 11) is 0. The van der Waals surface area contributed by atoms with E-state index in [1.165, 1.54) is 12.1 Å². The molecule has 1 aromatic heterocycles. The Hall–Kier alpha value is -1.84. The van der Waals surface area contributed by atoms with Crippen LogP contribution in [0.4, 0.5) is 10.1 Å². The van der Waals surface area contributed by atoms with Crippen molar-refractivity contribution in [3.63, 3.8) is 0 Å². The van der Waals surface area contributed by atoms with Gasteiger partial charge in [-0.15, -0.1) is 0 Å². The quantitative estimate of drug-likeness (QED) is 0.825. The number of unbranched alkanes of at least 4 members (excludes halogenated alkanes) is 1. The fourth-order valence-electron chi connectivity index (χ4n) is 1.72. The predicted octanol–water partition coefficient (Wildman–Crippen LogP) is 3.07. The first-order valence-electron chi connectivity index (χ1n) is 5.78. The monoisotopic (exact) mass is 233 g/mol. The molecule has 17 heavy (non-hydrogen) atoms. The molecule has 0 saturated carbocycles. The number of aromatic nitrogens is 2. The molecule has 2 aromatic rings. The molecule has 0 unspecified atom stereocenters. The van der Waals surface area contributed by atoms with E-state index in [1.54, 1.807) is 12.3 Å². The van der Waals surface area contributed by atoms with Gasteiger partial charge < -0.3 is 5.73 Å². The Labute approximate surface area is 100 Å². The van der Waals surface area contributed by atoms with Gasteiger partial charge in [-0.3, -0.25) is 4.68 Å². The molecule has 0 bridgehead atoms. The average molecular weight is 233 g/mol. The van der Waals surface area contributed by atoms with Crippen LogP contribution in [-0.2, 0) is 6.54 Å². The first kappa shape index (κ1) is 11.6. The maximum Gasteiger partial charge on any atom is 0.123 e. The fraction of sp³-hybridized carbons (Fsp3) is 0.308. The standard InChI is InChI=1S/C13H16FN3/c1-2-3-6-17-9-10(8-16-17)12-7-11(14)4-5-13(12)15/h4-5,7-9H,2-3,6,15H2,1H3. The number of halogens is 1. The summed E-state index contributed by atoms with van der Waals surface area (Å²) in [5, 5.41) is 4.24. The Morgan fingerprint density at radius 1 is 1.41 bits per heavy atom. The molecular formula is C13H16FN3. The van der Waals surface area contributed by atoms with Crippen LogP contribution >= 0.6 is 0 Å². The van der Waals surface area contributed by atoms with Crippen molar-refractivity contribution in [1.82, 2.24) is 9.78 Å². The molecule has 90 valence electrons. The van der Waals surface area contributed by atoms with E-state index in [0.717, 1.165) is 24.9 Å². The van der Waals surface area contributed by atoms with Gasteiger partial charge in [-0.05, 0) is 24.6 Å². The molecule has 2 N–H and O–H groups in total. The summed E-state index contributed by atoms with van der Waals surface area (Å²) >= 11 is 0. The number of aryl methyl sites for hydroxylation is 1. The van der Waals surface area contributed by atoms with E-state index >= 15 is 0 Å². The van der Waals surface area contributed by atoms with E-state index in [-0.39, 0.29) is 5.82 Å². The van der Waals surface area contributed by atoms with Crippen molar-refractivity contribution < 1.29 is 4.39 Å². The van der Waals surface area contributed by atoms with Crippen LogP contribution in [0.25, 0.3) is 11.1 Å². The van der Waals surface area contributed by atoms with Gasteiger partial charge in [0, 0.05) is 29.6 Å². The van der Waals surface area contributed by atoms with E-state index in [2.05, 4.69) is 12.0 Å². The van der Waals surface area contributed by atoms with Gasteiger partial charge in [0.05, 0.1) is 6.20 Å². The van der Waals surface area contributed by atoms with Crippen molar-refractivity contribution in [3.05, 3.63) is 36.4 Å². The number of hydrogen-bond acceptors (Lipinski definition) is 2. The Kier molecular flexibility index (Phi) is 3.42. The van der Waals surface area contributed by atoms with Crippen molar-refractivity contribution in [3.8, 4) is 11.1 Å². The number of anilines is 1. The van der Waals surface area contributed by atoms with E-state index in [0.29, 0.717) is 11.3 Å². The van der Waals surface area contributed by atoms with Crippen LogP contribution in [0.15, 0.2) is 30.6 Å². The summed E-state index contributed by atoms with van der Waals surface area (Å²) in [6.07, 6.45) is 5.83. The maximum atomic E-state index is 13.2. The number of nitrogens with two attached hydrogens (primary N) is 1. The minimum absolute atomic E-state index is 0.282. The Morgan fingerprint density at radius 2 is 2.24 bits per heavy atom. The molecule has 0 spiro atoms. The van der Waals surface area contributed by atoms with Gasteiger partial charge in [-0.2, -0.15) is 5.10 Å². The van der Waals surface area contributed by atoms with E-state index < -0.39 is 0 Å². The Morgan fingerprint density at radius 3 is 3.00 bits per heavy atom. The summed E-state index contributed by atoms with van der Waals surface area (Å²) in [6.45, 7) is 3.01. The minimum atomic E-state index is -0.282. The lowest BCUT2D eigenvalue weighted by Crippen LogP contribution is -1.97. The second-order valence-electron chi connectivity index (χ2n) is 4.08. The largest absolute Gasteiger partial charge is 0.398 e. The van der Waals surface area contributed by atoms with Crippen LogP contribution in [0.2, 0.25) is 0 Å². The molecule has 1 heterocycles. The highest BCUT2D eigenvalue weighted by molar-refractivity contribution is 5.75. The van der Waals surface area contributed by atoms with Crippen LogP contribution in [0.5, 0.6) is 0 Å². The van der Waals surface area contributed by atoms with Crippen LogP contribution < -0.4 is 5.73 Å². The van der Waals surface area contributed by atoms with Gasteiger partial charge in [-0.1, -0.05) is 13.3 Å². The maximum absolute atomic E-state index is 13.2. The van der Waals surface area contributed by atoms with E-state index in [9.17, 15) is 4.39 Å². The summed E-state index contributed by atoms with van der Waals surface area (Å²) in [5.74, 6) is -0.282. The van der Waals surface area contributed by atoms with Crippen molar-refractivity contribution in [2.75, 3.05) is 5.73 Å². The van der Waals surface area contributed by atoms with Gasteiger partial charge in [0.1, 0.15) is 5.82 Å². The summed E-state index contributed by atoms with van der Waals surface area (Å²) in [5.41, 5.74) is 7.96. The lowest BCUT2D eigenvalue weighted by molar-refractivity contribution is 0.572. The van der Waals surface area contributed by atoms with E-state index in [1.807, 2.05) is 10.9 Å². The van der Waals surface area contributed by atoms with Gasteiger partial charge >= 0.3 is 0 Å². The SMILES string of the molecule is CCCCn1cc(-c2cc(F)ccc2N)cn1. The number of hydrogen-bond donors (Lipinski definition) is 1. The summed E-state index contributed by atoms with van der Waals surface area (Å²) < 4.78 is 15.0. The first-order chi connectivity index (χ1) is 8.20. The van der Waals surface area contributed by atoms with Gasteiger partial charge in [0.2, 0.25) is 0 Å². The van der Waals surface area contributed by atoms with Crippen molar-refractivity contribution >= 4 is 5.69 Å². The zero-order chi connectivity index (χ0) is 12.3. The Bertz CT molecular complexity index is 505. The van der Waals surface area contributed by atoms with Crippen LogP contribution in [0, 0.1) is 5.82 Å². The van der Waals surface area contributed by atoms with Gasteiger partial charge in [0.15, 0.2) is 0 Å². The van der Waals surface area contributed by atoms with Crippen molar-refractivity contribution in [1.29, 1.82) is 0 Å². The fourth-order valence-corrected chi connectivity index (χ4v) is 1.72. The number of nitrogen functional groups attached to an aromatic ring is 1. The first-order valence-corrected chi connectivity index (χ1v) is 5.78. The zero-order valence-electron chi connectivity index (χ0n) is 9.86. The highest BCUT2D eigenvalue weighted by Crippen LogP contribution is 2.26. The number of benzene rings is 1. The smallest absolute Gasteiger partial charge is 0.123 e. The molecule has 0 radical (unpaired) electrons. The molecule has 0 fully saturated rings. The van der Waals surface area contributed by atoms with Gasteiger partial charge in [0.25, 0.3) is 0 Å².